The lowest BCUT2D eigenvalue weighted by Gasteiger charge is -2.24. The van der Waals surface area contributed by atoms with E-state index in [2.05, 4.69) is 17.6 Å². The molecule has 1 unspecified atom stereocenters. The van der Waals surface area contributed by atoms with Crippen molar-refractivity contribution in [2.24, 2.45) is 0 Å². The van der Waals surface area contributed by atoms with Crippen LogP contribution in [0.5, 0.6) is 0 Å². The highest BCUT2D eigenvalue weighted by Gasteiger charge is 2.35. The minimum Gasteiger partial charge on any atom is -0.274 e. The molecule has 4 nitrogen and oxygen atoms in total. The van der Waals surface area contributed by atoms with Crippen LogP contribution in [-0.4, -0.2) is 31.9 Å². The van der Waals surface area contributed by atoms with E-state index in [0.29, 0.717) is 17.0 Å². The van der Waals surface area contributed by atoms with Gasteiger partial charge < -0.3 is 0 Å². The van der Waals surface area contributed by atoms with Crippen LogP contribution in [-0.2, 0) is 16.0 Å². The molecule has 1 atom stereocenters. The number of aryl methyl sites for hydroxylation is 1. The molecule has 6 heteroatoms. The van der Waals surface area contributed by atoms with Crippen molar-refractivity contribution in [3.63, 3.8) is 0 Å². The van der Waals surface area contributed by atoms with Crippen LogP contribution in [0.2, 0.25) is 0 Å². The number of rotatable bonds is 5. The molecule has 0 bridgehead atoms. The molecule has 100 valence electrons. The Morgan fingerprint density at radius 1 is 1.37 bits per heavy atom. The summed E-state index contributed by atoms with van der Waals surface area (Å²) in [6.07, 6.45) is 3.49. The Bertz CT molecular complexity index is 489. The molecule has 0 N–H and O–H groups in total. The molecule has 1 fully saturated rings. The van der Waals surface area contributed by atoms with Gasteiger partial charge in [-0.1, -0.05) is 18.3 Å². The number of aromatic nitrogens is 1. The number of imide groups is 1. The van der Waals surface area contributed by atoms with Crippen molar-refractivity contribution in [2.75, 3.05) is 0 Å². The Hall–Kier alpha value is -1.27. The number of amides is 2. The molecule has 2 rings (SSSR count). The maximum Gasteiger partial charge on any atom is 0.230 e. The minimum atomic E-state index is -0.414. The number of carbonyl (C=O) groups is 2. The molecule has 0 radical (unpaired) electrons. The van der Waals surface area contributed by atoms with Gasteiger partial charge >= 0.3 is 0 Å². The maximum atomic E-state index is 11.7. The zero-order valence-electron chi connectivity index (χ0n) is 10.3. The molecule has 0 saturated carbocycles. The van der Waals surface area contributed by atoms with Crippen LogP contribution in [0.3, 0.4) is 0 Å². The molecule has 2 amide bonds. The van der Waals surface area contributed by atoms with Crippen LogP contribution in [0.4, 0.5) is 0 Å². The molecule has 0 aliphatic carbocycles. The Balaban J connectivity index is 2.07. The average Bonchev–Trinajstić information content (AvgIpc) is 2.72. The fraction of sp³-hybridized carbons (Fsp3) is 0.385. The van der Waals surface area contributed by atoms with Gasteiger partial charge in [0.05, 0.1) is 10.2 Å². The molecule has 1 aliphatic heterocycles. The van der Waals surface area contributed by atoms with Gasteiger partial charge in [-0.2, -0.15) is 0 Å². The van der Waals surface area contributed by atoms with Crippen LogP contribution in [0.15, 0.2) is 24.4 Å². The fourth-order valence-electron chi connectivity index (χ4n) is 2.14. The molecule has 1 aromatic rings. The lowest BCUT2D eigenvalue weighted by Crippen LogP contribution is -2.42. The van der Waals surface area contributed by atoms with Crippen molar-refractivity contribution < 1.29 is 9.59 Å². The summed E-state index contributed by atoms with van der Waals surface area (Å²) in [6.45, 7) is 0. The van der Waals surface area contributed by atoms with E-state index >= 15 is 0 Å². The lowest BCUT2D eigenvalue weighted by atomic mass is 10.1. The van der Waals surface area contributed by atoms with Gasteiger partial charge in [0.25, 0.3) is 0 Å². The van der Waals surface area contributed by atoms with Gasteiger partial charge in [-0.15, -0.1) is 12.6 Å². The average molecular weight is 294 g/mol. The number of thiol groups is 1. The first-order valence-corrected chi connectivity index (χ1v) is 6.92. The molecule has 0 aromatic carbocycles. The van der Waals surface area contributed by atoms with E-state index < -0.39 is 6.04 Å². The molecule has 1 aromatic heterocycles. The number of thiocarbonyl (C=S) groups is 1. The largest absolute Gasteiger partial charge is 0.274 e. The van der Waals surface area contributed by atoms with Crippen LogP contribution in [0, 0.1) is 0 Å². The highest BCUT2D eigenvalue weighted by molar-refractivity contribution is 8.11. The first kappa shape index (κ1) is 14.1. The summed E-state index contributed by atoms with van der Waals surface area (Å²) in [4.78, 5) is 29.0. The Kier molecular flexibility index (Phi) is 4.66. The van der Waals surface area contributed by atoms with Gasteiger partial charge in [0, 0.05) is 24.7 Å². The smallest absolute Gasteiger partial charge is 0.230 e. The summed E-state index contributed by atoms with van der Waals surface area (Å²) in [7, 11) is 0. The summed E-state index contributed by atoms with van der Waals surface area (Å²) >= 11 is 9.23. The summed E-state index contributed by atoms with van der Waals surface area (Å²) < 4.78 is 0.375. The standard InChI is InChI=1S/C13H14N2O2S2/c16-11-6-7-12(17)15(11)10(13(18)19)5-4-9-3-1-2-8-14-9/h1-3,8,10H,4-7H2,(H,18,19). The number of hydrogen-bond acceptors (Lipinski definition) is 4. The van der Waals surface area contributed by atoms with Crippen LogP contribution in [0.1, 0.15) is 25.0 Å². The molecule has 1 aliphatic rings. The third-order valence-electron chi connectivity index (χ3n) is 3.09. The quantitative estimate of drug-likeness (QED) is 0.511. The second-order valence-electron chi connectivity index (χ2n) is 4.37. The summed E-state index contributed by atoms with van der Waals surface area (Å²) in [5.41, 5.74) is 0.913. The second kappa shape index (κ2) is 6.25. The Morgan fingerprint density at radius 2 is 2.05 bits per heavy atom. The van der Waals surface area contributed by atoms with Gasteiger partial charge in [-0.3, -0.25) is 19.5 Å². The normalized spacial score (nSPS) is 16.8. The highest BCUT2D eigenvalue weighted by Crippen LogP contribution is 2.21. The van der Waals surface area contributed by atoms with E-state index in [4.69, 9.17) is 12.2 Å². The number of hydrogen-bond donors (Lipinski definition) is 1. The second-order valence-corrected chi connectivity index (χ2v) is 5.60. The Labute approximate surface area is 122 Å². The third-order valence-corrected chi connectivity index (χ3v) is 3.66. The zero-order chi connectivity index (χ0) is 13.8. The first-order chi connectivity index (χ1) is 9.09. The topological polar surface area (TPSA) is 50.3 Å². The SMILES string of the molecule is O=C1CCC(=O)N1C(CCc1ccccn1)C(=S)S. The van der Waals surface area contributed by atoms with Crippen molar-refractivity contribution in [3.05, 3.63) is 30.1 Å². The van der Waals surface area contributed by atoms with Crippen molar-refractivity contribution in [3.8, 4) is 0 Å². The molecular formula is C13H14N2O2S2. The minimum absolute atomic E-state index is 0.160. The van der Waals surface area contributed by atoms with Gasteiger partial charge in [-0.05, 0) is 25.0 Å². The van der Waals surface area contributed by atoms with E-state index in [1.54, 1.807) is 6.20 Å². The van der Waals surface area contributed by atoms with Crippen LogP contribution in [0.25, 0.3) is 0 Å². The summed E-state index contributed by atoms with van der Waals surface area (Å²) in [5.74, 6) is -0.320. The molecular weight excluding hydrogens is 280 g/mol. The van der Waals surface area contributed by atoms with E-state index in [9.17, 15) is 9.59 Å². The van der Waals surface area contributed by atoms with Crippen molar-refractivity contribution in [2.45, 2.75) is 31.7 Å². The predicted octanol–water partition coefficient (Wildman–Crippen LogP) is 1.79. The van der Waals surface area contributed by atoms with Gasteiger partial charge in [0.1, 0.15) is 0 Å². The number of carbonyl (C=O) groups excluding carboxylic acids is 2. The fourth-order valence-corrected chi connectivity index (χ4v) is 2.60. The van der Waals surface area contributed by atoms with Crippen molar-refractivity contribution in [1.82, 2.24) is 9.88 Å². The Morgan fingerprint density at radius 3 is 2.58 bits per heavy atom. The lowest BCUT2D eigenvalue weighted by molar-refractivity contribution is -0.139. The summed E-state index contributed by atoms with van der Waals surface area (Å²) in [6, 6.07) is 5.25. The van der Waals surface area contributed by atoms with Crippen LogP contribution < -0.4 is 0 Å². The number of likely N-dealkylation sites (tertiary alicyclic amines) is 1. The van der Waals surface area contributed by atoms with Crippen LogP contribution >= 0.6 is 24.8 Å². The van der Waals surface area contributed by atoms with E-state index in [-0.39, 0.29) is 24.7 Å². The monoisotopic (exact) mass is 294 g/mol. The van der Waals surface area contributed by atoms with Gasteiger partial charge in [0.15, 0.2) is 0 Å². The number of nitrogens with zero attached hydrogens (tertiary/aromatic N) is 2. The molecule has 19 heavy (non-hydrogen) atoms. The first-order valence-electron chi connectivity index (χ1n) is 6.07. The highest BCUT2D eigenvalue weighted by atomic mass is 32.1. The van der Waals surface area contributed by atoms with Crippen molar-refractivity contribution in [1.29, 1.82) is 0 Å². The molecule has 2 heterocycles. The van der Waals surface area contributed by atoms with E-state index in [1.165, 1.54) is 4.90 Å². The maximum absolute atomic E-state index is 11.7. The van der Waals surface area contributed by atoms with Gasteiger partial charge in [-0.25, -0.2) is 0 Å². The third kappa shape index (κ3) is 3.39. The zero-order valence-corrected chi connectivity index (χ0v) is 12.0. The van der Waals surface area contributed by atoms with E-state index in [0.717, 1.165) is 5.69 Å². The molecule has 0 spiro atoms. The van der Waals surface area contributed by atoms with Gasteiger partial charge in [0.2, 0.25) is 11.8 Å². The van der Waals surface area contributed by atoms with Crippen molar-refractivity contribution >= 4 is 40.9 Å². The predicted molar refractivity (Wildman–Crippen MR) is 79.0 cm³/mol. The van der Waals surface area contributed by atoms with E-state index in [1.807, 2.05) is 18.2 Å². The molecule has 1 saturated heterocycles. The summed E-state index contributed by atoms with van der Waals surface area (Å²) in [5, 5.41) is 0. The number of pyridine rings is 1.